The van der Waals surface area contributed by atoms with Crippen LogP contribution < -0.4 is 0 Å². The van der Waals surface area contributed by atoms with Crippen molar-refractivity contribution in [3.8, 4) is 0 Å². The van der Waals surface area contributed by atoms with Crippen LogP contribution in [-0.2, 0) is 28.4 Å². The lowest BCUT2D eigenvalue weighted by Gasteiger charge is -2.29. The van der Waals surface area contributed by atoms with Gasteiger partial charge in [-0.1, -0.05) is 6.92 Å². The van der Waals surface area contributed by atoms with Crippen LogP contribution in [0.1, 0.15) is 47.2 Å². The molecule has 0 saturated carbocycles. The van der Waals surface area contributed by atoms with Gasteiger partial charge in [-0.05, 0) is 19.9 Å². The fourth-order valence-electron chi connectivity index (χ4n) is 3.18. The van der Waals surface area contributed by atoms with E-state index in [0.717, 1.165) is 11.3 Å². The number of hydrogen-bond donors (Lipinski definition) is 1. The highest BCUT2D eigenvalue weighted by Crippen LogP contribution is 2.32. The van der Waals surface area contributed by atoms with Gasteiger partial charge in [0.15, 0.2) is 0 Å². The van der Waals surface area contributed by atoms with Gasteiger partial charge in [0.25, 0.3) is 0 Å². The summed E-state index contributed by atoms with van der Waals surface area (Å²) >= 11 is 0. The molecule has 0 spiro atoms. The van der Waals surface area contributed by atoms with Crippen LogP contribution in [0.25, 0.3) is 0 Å². The number of nitrogens with zero attached hydrogens (tertiary/aromatic N) is 3. The maximum atomic E-state index is 13.2. The molecule has 8 nitrogen and oxygen atoms in total. The Kier molecular flexibility index (Phi) is 4.46. The maximum Gasteiger partial charge on any atom is 0.354 e. The molecule has 3 heterocycles. The number of rotatable bonds is 4. The van der Waals surface area contributed by atoms with Crippen LogP contribution in [-0.4, -0.2) is 46.6 Å². The predicted octanol–water partition coefficient (Wildman–Crippen LogP) is 1.54. The van der Waals surface area contributed by atoms with E-state index in [0.29, 0.717) is 12.2 Å². The van der Waals surface area contributed by atoms with Gasteiger partial charge in [-0.2, -0.15) is 9.40 Å². The summed E-state index contributed by atoms with van der Waals surface area (Å²) in [5, 5.41) is 6.95. The summed E-state index contributed by atoms with van der Waals surface area (Å²) in [4.78, 5) is 12.2. The minimum absolute atomic E-state index is 0.0228. The summed E-state index contributed by atoms with van der Waals surface area (Å²) in [6.07, 6.45) is 1.66. The monoisotopic (exact) mass is 366 g/mol. The molecule has 0 aliphatic carbocycles. The third-order valence-corrected chi connectivity index (χ3v) is 6.59. The van der Waals surface area contributed by atoms with Crippen LogP contribution in [0, 0.1) is 6.92 Å². The van der Waals surface area contributed by atoms with E-state index in [-0.39, 0.29) is 29.7 Å². The number of carbonyl (C=O) groups excluding carboxylic acids is 1. The zero-order valence-electron chi connectivity index (χ0n) is 14.7. The second-order valence-corrected chi connectivity index (χ2v) is 8.17. The number of H-pyrrole nitrogens is 1. The Hall–Kier alpha value is -2.13. The number of hydrogen-bond acceptors (Lipinski definition) is 5. The Morgan fingerprint density at radius 1 is 1.48 bits per heavy atom. The van der Waals surface area contributed by atoms with E-state index < -0.39 is 16.0 Å². The molecule has 2 aromatic heterocycles. The van der Waals surface area contributed by atoms with Crippen molar-refractivity contribution < 1.29 is 17.9 Å². The maximum absolute atomic E-state index is 13.2. The highest BCUT2D eigenvalue weighted by molar-refractivity contribution is 7.89. The lowest BCUT2D eigenvalue weighted by Crippen LogP contribution is -2.37. The molecule has 1 N–H and O–H groups in total. The predicted molar refractivity (Wildman–Crippen MR) is 90.7 cm³/mol. The van der Waals surface area contributed by atoms with Crippen molar-refractivity contribution in [3.63, 3.8) is 0 Å². The van der Waals surface area contributed by atoms with Gasteiger partial charge in [0, 0.05) is 43.0 Å². The molecule has 0 fully saturated rings. The normalized spacial score (nSPS) is 18.2. The van der Waals surface area contributed by atoms with Crippen LogP contribution >= 0.6 is 0 Å². The molecule has 0 saturated heterocycles. The van der Waals surface area contributed by atoms with Gasteiger partial charge in [0.2, 0.25) is 10.0 Å². The van der Waals surface area contributed by atoms with Crippen LogP contribution in [0.4, 0.5) is 0 Å². The van der Waals surface area contributed by atoms with Gasteiger partial charge in [0.1, 0.15) is 10.6 Å². The van der Waals surface area contributed by atoms with E-state index in [4.69, 9.17) is 4.74 Å². The molecule has 1 aliphatic heterocycles. The summed E-state index contributed by atoms with van der Waals surface area (Å²) < 4.78 is 34.3. The van der Waals surface area contributed by atoms with Crippen molar-refractivity contribution in [3.05, 3.63) is 34.9 Å². The first kappa shape index (κ1) is 17.7. The molecule has 0 bridgehead atoms. The molecular formula is C16H22N4O4S. The molecule has 1 atom stereocenters. The molecular weight excluding hydrogens is 344 g/mol. The largest absolute Gasteiger partial charge is 0.461 e. The highest BCUT2D eigenvalue weighted by atomic mass is 32.2. The number of esters is 1. The van der Waals surface area contributed by atoms with Gasteiger partial charge >= 0.3 is 5.97 Å². The van der Waals surface area contributed by atoms with E-state index in [1.807, 2.05) is 6.92 Å². The van der Waals surface area contributed by atoms with Gasteiger partial charge < -0.3 is 9.30 Å². The summed E-state index contributed by atoms with van der Waals surface area (Å²) in [6.45, 7) is 6.22. The van der Waals surface area contributed by atoms with Gasteiger partial charge in [-0.15, -0.1) is 0 Å². The van der Waals surface area contributed by atoms with Gasteiger partial charge in [-0.25, -0.2) is 13.2 Å². The molecule has 1 aliphatic rings. The lowest BCUT2D eigenvalue weighted by molar-refractivity contribution is 0.0515. The third-order valence-electron chi connectivity index (χ3n) is 4.66. The summed E-state index contributed by atoms with van der Waals surface area (Å²) in [7, 11) is -2.07. The topological polar surface area (TPSA) is 97.3 Å². The summed E-state index contributed by atoms with van der Waals surface area (Å²) in [5.74, 6) is -0.506. The zero-order chi connectivity index (χ0) is 18.4. The zero-order valence-corrected chi connectivity index (χ0v) is 15.6. The fourth-order valence-corrected chi connectivity index (χ4v) is 4.96. The molecule has 0 radical (unpaired) electrons. The Bertz CT molecular complexity index is 913. The average molecular weight is 366 g/mol. The first-order chi connectivity index (χ1) is 11.8. The van der Waals surface area contributed by atoms with Crippen molar-refractivity contribution in [1.29, 1.82) is 0 Å². The van der Waals surface area contributed by atoms with E-state index in [1.165, 1.54) is 10.4 Å². The molecule has 0 aromatic carbocycles. The molecule has 2 aromatic rings. The lowest BCUT2D eigenvalue weighted by atomic mass is 10.0. The second-order valence-electron chi connectivity index (χ2n) is 6.27. The SMILES string of the molecule is CCOC(=O)c1cc(S(=O)(=O)N2Cc3cn[nH]c3C(C)C2)c(C)n1C. The molecule has 136 valence electrons. The highest BCUT2D eigenvalue weighted by Gasteiger charge is 2.35. The summed E-state index contributed by atoms with van der Waals surface area (Å²) in [5.41, 5.74) is 2.59. The smallest absolute Gasteiger partial charge is 0.354 e. The number of nitrogens with one attached hydrogen (secondary N) is 1. The Labute approximate surface area is 146 Å². The molecule has 9 heteroatoms. The number of carbonyl (C=O) groups is 1. The molecule has 1 unspecified atom stereocenters. The molecule has 0 amide bonds. The van der Waals surface area contributed by atoms with E-state index in [9.17, 15) is 13.2 Å². The van der Waals surface area contributed by atoms with Crippen molar-refractivity contribution >= 4 is 16.0 Å². The number of sulfonamides is 1. The van der Waals surface area contributed by atoms with Crippen LogP contribution in [0.3, 0.4) is 0 Å². The minimum atomic E-state index is -3.73. The Balaban J connectivity index is 1.99. The number of ether oxygens (including phenoxy) is 1. The van der Waals surface area contributed by atoms with Gasteiger partial charge in [-0.3, -0.25) is 5.10 Å². The van der Waals surface area contributed by atoms with Crippen molar-refractivity contribution in [2.24, 2.45) is 7.05 Å². The number of aromatic nitrogens is 3. The number of aromatic amines is 1. The quantitative estimate of drug-likeness (QED) is 0.828. The van der Waals surface area contributed by atoms with Crippen LogP contribution in [0.2, 0.25) is 0 Å². The van der Waals surface area contributed by atoms with Crippen LogP contribution in [0.5, 0.6) is 0 Å². The van der Waals surface area contributed by atoms with Gasteiger partial charge in [0.05, 0.1) is 12.8 Å². The molecule has 3 rings (SSSR count). The van der Waals surface area contributed by atoms with Crippen molar-refractivity contribution in [2.45, 2.75) is 38.1 Å². The summed E-state index contributed by atoms with van der Waals surface area (Å²) in [6, 6.07) is 1.40. The van der Waals surface area contributed by atoms with Crippen molar-refractivity contribution in [1.82, 2.24) is 19.1 Å². The fraction of sp³-hybridized carbons (Fsp3) is 0.500. The van der Waals surface area contributed by atoms with Crippen LogP contribution in [0.15, 0.2) is 17.2 Å². The average Bonchev–Trinajstić information content (AvgIpc) is 3.14. The number of fused-ring (bicyclic) bond motifs is 1. The van der Waals surface area contributed by atoms with E-state index >= 15 is 0 Å². The molecule has 25 heavy (non-hydrogen) atoms. The van der Waals surface area contributed by atoms with E-state index in [2.05, 4.69) is 10.2 Å². The first-order valence-corrected chi connectivity index (χ1v) is 9.57. The third kappa shape index (κ3) is 2.87. The Morgan fingerprint density at radius 3 is 2.88 bits per heavy atom. The standard InChI is InChI=1S/C16H22N4O4S/c1-5-24-16(21)13-6-14(11(3)19(13)4)25(22,23)20-8-10(2)15-12(9-20)7-17-18-15/h6-7,10H,5,8-9H2,1-4H3,(H,17,18). The first-order valence-electron chi connectivity index (χ1n) is 8.13. The second kappa shape index (κ2) is 6.30. The van der Waals surface area contributed by atoms with E-state index in [1.54, 1.807) is 31.7 Å². The Morgan fingerprint density at radius 2 is 2.20 bits per heavy atom. The van der Waals surface area contributed by atoms with Crippen molar-refractivity contribution in [2.75, 3.05) is 13.2 Å². The minimum Gasteiger partial charge on any atom is -0.461 e.